The number of rotatable bonds is 3. The van der Waals surface area contributed by atoms with Crippen LogP contribution < -0.4 is 5.32 Å². The van der Waals surface area contributed by atoms with E-state index in [2.05, 4.69) is 10.4 Å². The van der Waals surface area contributed by atoms with Gasteiger partial charge in [-0.15, -0.1) is 0 Å². The third kappa shape index (κ3) is 4.00. The second kappa shape index (κ2) is 7.14. The summed E-state index contributed by atoms with van der Waals surface area (Å²) < 4.78 is 79.7. The zero-order valence-electron chi connectivity index (χ0n) is 15.8. The van der Waals surface area contributed by atoms with Crippen LogP contribution in [0, 0.1) is 27.7 Å². The van der Waals surface area contributed by atoms with Crippen molar-refractivity contribution in [3.05, 3.63) is 45.8 Å². The van der Waals surface area contributed by atoms with Crippen LogP contribution in [0.2, 0.25) is 0 Å². The normalized spacial score (nSPS) is 12.6. The number of hydrogen-bond donors (Lipinski definition) is 1. The Morgan fingerprint density at radius 2 is 1.54 bits per heavy atom. The topological polar surface area (TPSA) is 46.9 Å². The molecule has 0 aliphatic carbocycles. The van der Waals surface area contributed by atoms with Gasteiger partial charge >= 0.3 is 12.4 Å². The van der Waals surface area contributed by atoms with Crippen LogP contribution in [-0.4, -0.2) is 28.0 Å². The van der Waals surface area contributed by atoms with E-state index in [0.717, 1.165) is 12.1 Å². The summed E-state index contributed by atoms with van der Waals surface area (Å²) in [6.45, 7) is 5.83. The van der Waals surface area contributed by atoms with Crippen molar-refractivity contribution in [2.24, 2.45) is 7.05 Å². The summed E-state index contributed by atoms with van der Waals surface area (Å²) >= 11 is 0. The number of anilines is 1. The molecule has 2 aromatic rings. The maximum absolute atomic E-state index is 13.0. The fourth-order valence-electron chi connectivity index (χ4n) is 3.12. The van der Waals surface area contributed by atoms with Gasteiger partial charge in [-0.05, 0) is 50.5 Å². The van der Waals surface area contributed by atoms with Crippen molar-refractivity contribution in [3.8, 4) is 0 Å². The van der Waals surface area contributed by atoms with Crippen LogP contribution in [0.4, 0.5) is 32.0 Å². The maximum Gasteiger partial charge on any atom is 0.404 e. The van der Waals surface area contributed by atoms with E-state index in [9.17, 15) is 31.1 Å². The maximum atomic E-state index is 13.0. The number of benzene rings is 1. The molecule has 4 nitrogen and oxygen atoms in total. The molecule has 0 saturated heterocycles. The van der Waals surface area contributed by atoms with E-state index in [4.69, 9.17) is 0 Å². The first-order chi connectivity index (χ1) is 12.7. The standard InChI is InChI=1S/C18H19F6N3O/c1-8-9(2)13(25-16(28)14-10(3)26-27(5)11(14)4)7-6-12(8)15(17(19,20)21)18(22,23)24/h6-7,15H,1-5H3,(H,25,28). The molecule has 0 unspecified atom stereocenters. The molecule has 0 saturated carbocycles. The molecule has 1 aromatic heterocycles. The predicted molar refractivity (Wildman–Crippen MR) is 91.4 cm³/mol. The third-order valence-corrected chi connectivity index (χ3v) is 4.78. The number of carbonyl (C=O) groups is 1. The van der Waals surface area contributed by atoms with Crippen molar-refractivity contribution >= 4 is 11.6 Å². The molecule has 1 amide bonds. The fourth-order valence-corrected chi connectivity index (χ4v) is 3.12. The summed E-state index contributed by atoms with van der Waals surface area (Å²) in [5, 5.41) is 6.66. The Hall–Kier alpha value is -2.52. The number of aromatic nitrogens is 2. The minimum absolute atomic E-state index is 0.128. The molecule has 0 bridgehead atoms. The monoisotopic (exact) mass is 407 g/mol. The summed E-state index contributed by atoms with van der Waals surface area (Å²) in [5.41, 5.74) is 0.530. The molecular weight excluding hydrogens is 388 g/mol. The van der Waals surface area contributed by atoms with Gasteiger partial charge in [0.05, 0.1) is 11.3 Å². The molecule has 28 heavy (non-hydrogen) atoms. The molecule has 0 aliphatic rings. The highest BCUT2D eigenvalue weighted by atomic mass is 19.4. The molecule has 0 fully saturated rings. The van der Waals surface area contributed by atoms with Gasteiger partial charge in [0.25, 0.3) is 5.91 Å². The van der Waals surface area contributed by atoms with E-state index < -0.39 is 29.7 Å². The zero-order valence-corrected chi connectivity index (χ0v) is 15.8. The average Bonchev–Trinajstić information content (AvgIpc) is 2.77. The SMILES string of the molecule is Cc1nn(C)c(C)c1C(=O)Nc1ccc(C(C(F)(F)F)C(F)(F)F)c(C)c1C. The number of carbonyl (C=O) groups excluding carboxylic acids is 1. The molecule has 154 valence electrons. The van der Waals surface area contributed by atoms with Crippen LogP contribution >= 0.6 is 0 Å². The van der Waals surface area contributed by atoms with Gasteiger partial charge in [-0.1, -0.05) is 6.07 Å². The van der Waals surface area contributed by atoms with Crippen molar-refractivity contribution in [2.45, 2.75) is 46.0 Å². The first-order valence-electron chi connectivity index (χ1n) is 8.21. The Bertz CT molecular complexity index is 898. The summed E-state index contributed by atoms with van der Waals surface area (Å²) in [5.74, 6) is -4.13. The first kappa shape index (κ1) is 21.8. The number of aryl methyl sites for hydroxylation is 2. The van der Waals surface area contributed by atoms with Gasteiger partial charge in [0.1, 0.15) is 0 Å². The van der Waals surface area contributed by atoms with E-state index >= 15 is 0 Å². The number of nitrogens with one attached hydrogen (secondary N) is 1. The van der Waals surface area contributed by atoms with E-state index in [1.165, 1.54) is 18.5 Å². The minimum Gasteiger partial charge on any atom is -0.322 e. The van der Waals surface area contributed by atoms with E-state index in [1.807, 2.05) is 0 Å². The fraction of sp³-hybridized carbons (Fsp3) is 0.444. The Morgan fingerprint density at radius 1 is 1.00 bits per heavy atom. The smallest absolute Gasteiger partial charge is 0.322 e. The van der Waals surface area contributed by atoms with Gasteiger partial charge in [0, 0.05) is 18.4 Å². The Labute approximate surface area is 157 Å². The van der Waals surface area contributed by atoms with Gasteiger partial charge in [-0.3, -0.25) is 9.48 Å². The predicted octanol–water partition coefficient (Wildman–Crippen LogP) is 5.11. The molecule has 1 N–H and O–H groups in total. The Morgan fingerprint density at radius 3 is 1.96 bits per heavy atom. The lowest BCUT2D eigenvalue weighted by atomic mass is 9.90. The Balaban J connectivity index is 2.45. The number of nitrogens with zero attached hydrogens (tertiary/aromatic N) is 2. The van der Waals surface area contributed by atoms with Gasteiger partial charge < -0.3 is 5.32 Å². The third-order valence-electron chi connectivity index (χ3n) is 4.78. The van der Waals surface area contributed by atoms with Crippen molar-refractivity contribution in [3.63, 3.8) is 0 Å². The quantitative estimate of drug-likeness (QED) is 0.719. The molecule has 0 aliphatic heterocycles. The second-order valence-corrected chi connectivity index (χ2v) is 6.59. The molecule has 0 spiro atoms. The number of amides is 1. The van der Waals surface area contributed by atoms with Crippen LogP contribution in [-0.2, 0) is 7.05 Å². The van der Waals surface area contributed by atoms with Crippen LogP contribution in [0.3, 0.4) is 0 Å². The van der Waals surface area contributed by atoms with E-state index in [0.29, 0.717) is 17.0 Å². The van der Waals surface area contributed by atoms with Gasteiger partial charge in [-0.2, -0.15) is 31.4 Å². The van der Waals surface area contributed by atoms with Crippen LogP contribution in [0.5, 0.6) is 0 Å². The molecular formula is C18H19F6N3O. The van der Waals surface area contributed by atoms with E-state index in [-0.39, 0.29) is 16.8 Å². The number of alkyl halides is 6. The van der Waals surface area contributed by atoms with Crippen molar-refractivity contribution in [1.82, 2.24) is 9.78 Å². The zero-order chi connectivity index (χ0) is 21.6. The summed E-state index contributed by atoms with van der Waals surface area (Å²) in [6, 6.07) is 1.81. The largest absolute Gasteiger partial charge is 0.404 e. The van der Waals surface area contributed by atoms with Crippen LogP contribution in [0.15, 0.2) is 12.1 Å². The summed E-state index contributed by atoms with van der Waals surface area (Å²) in [6.07, 6.45) is -11.0. The van der Waals surface area contributed by atoms with E-state index in [1.54, 1.807) is 20.9 Å². The number of halogens is 6. The highest BCUT2D eigenvalue weighted by Gasteiger charge is 2.57. The first-order valence-corrected chi connectivity index (χ1v) is 8.21. The van der Waals surface area contributed by atoms with Crippen LogP contribution in [0.1, 0.15) is 44.4 Å². The van der Waals surface area contributed by atoms with Crippen molar-refractivity contribution in [1.29, 1.82) is 0 Å². The molecule has 2 rings (SSSR count). The molecule has 1 heterocycles. The number of hydrogen-bond acceptors (Lipinski definition) is 2. The van der Waals surface area contributed by atoms with Crippen LogP contribution in [0.25, 0.3) is 0 Å². The summed E-state index contributed by atoms with van der Waals surface area (Å²) in [4.78, 5) is 12.5. The average molecular weight is 407 g/mol. The minimum atomic E-state index is -5.48. The Kier molecular flexibility index (Phi) is 5.55. The highest BCUT2D eigenvalue weighted by molar-refractivity contribution is 6.06. The van der Waals surface area contributed by atoms with Gasteiger partial charge in [0.15, 0.2) is 5.92 Å². The summed E-state index contributed by atoms with van der Waals surface area (Å²) in [7, 11) is 1.65. The van der Waals surface area contributed by atoms with Gasteiger partial charge in [0.2, 0.25) is 0 Å². The molecule has 10 heteroatoms. The second-order valence-electron chi connectivity index (χ2n) is 6.59. The molecule has 0 radical (unpaired) electrons. The lowest BCUT2D eigenvalue weighted by Crippen LogP contribution is -2.34. The lowest BCUT2D eigenvalue weighted by Gasteiger charge is -2.26. The molecule has 1 aromatic carbocycles. The molecule has 0 atom stereocenters. The van der Waals surface area contributed by atoms with Crippen molar-refractivity contribution < 1.29 is 31.1 Å². The highest BCUT2D eigenvalue weighted by Crippen LogP contribution is 2.48. The van der Waals surface area contributed by atoms with Crippen molar-refractivity contribution in [2.75, 3.05) is 5.32 Å². The lowest BCUT2D eigenvalue weighted by molar-refractivity contribution is -0.253. The van der Waals surface area contributed by atoms with Gasteiger partial charge in [-0.25, -0.2) is 0 Å².